The summed E-state index contributed by atoms with van der Waals surface area (Å²) in [5.74, 6) is 6.35. The van der Waals surface area contributed by atoms with Crippen LogP contribution in [-0.2, 0) is 4.74 Å². The molecule has 5 rings (SSSR count). The van der Waals surface area contributed by atoms with Crippen molar-refractivity contribution in [3.63, 3.8) is 0 Å². The van der Waals surface area contributed by atoms with Crippen molar-refractivity contribution in [1.82, 2.24) is 4.98 Å². The van der Waals surface area contributed by atoms with E-state index >= 15 is 0 Å². The molecule has 4 saturated carbocycles. The quantitative estimate of drug-likeness (QED) is 0.526. The number of aromatic nitrogens is 1. The molecule has 9 unspecified atom stereocenters. The molecule has 4 aliphatic carbocycles. The molecule has 4 heteroatoms. The molecule has 4 nitrogen and oxygen atoms in total. The highest BCUT2D eigenvalue weighted by molar-refractivity contribution is 5.43. The molecule has 1 aromatic rings. The van der Waals surface area contributed by atoms with Gasteiger partial charge in [0.1, 0.15) is 11.8 Å². The molecule has 0 aliphatic heterocycles. The fraction of sp³-hybridized carbons (Fsp3) is 0.793. The molecular formula is C29H43N3O. The Morgan fingerprint density at radius 1 is 1.12 bits per heavy atom. The smallest absolute Gasteiger partial charge is 0.140 e. The van der Waals surface area contributed by atoms with E-state index in [1.54, 1.807) is 0 Å². The van der Waals surface area contributed by atoms with Crippen LogP contribution in [0.25, 0.3) is 0 Å². The maximum absolute atomic E-state index is 9.02. The number of hydrogen-bond donors (Lipinski definition) is 1. The third-order valence-corrected chi connectivity index (χ3v) is 10.6. The molecule has 180 valence electrons. The number of rotatable bonds is 6. The number of fused-ring (bicyclic) bond motifs is 5. The number of ether oxygens (including phenoxy) is 1. The van der Waals surface area contributed by atoms with E-state index in [4.69, 9.17) is 10.00 Å². The van der Waals surface area contributed by atoms with Crippen molar-refractivity contribution in [1.29, 1.82) is 5.26 Å². The number of hydrogen-bond acceptors (Lipinski definition) is 4. The zero-order chi connectivity index (χ0) is 23.0. The summed E-state index contributed by atoms with van der Waals surface area (Å²) in [5, 5.41) is 12.8. The lowest BCUT2D eigenvalue weighted by Crippen LogP contribution is -2.50. The minimum absolute atomic E-state index is 0.441. The van der Waals surface area contributed by atoms with Crippen LogP contribution in [0.5, 0.6) is 0 Å². The molecule has 9 atom stereocenters. The fourth-order valence-corrected chi connectivity index (χ4v) is 9.16. The Labute approximate surface area is 200 Å². The van der Waals surface area contributed by atoms with Gasteiger partial charge in [0.2, 0.25) is 0 Å². The predicted octanol–water partition coefficient (Wildman–Crippen LogP) is 6.68. The number of anilines is 1. The SMILES string of the molecule is CCOCC1CCC2C(CCC3C2CCC2(C)C(C(C)Nc4ccc(C#N)nc4)CCC32)C1. The van der Waals surface area contributed by atoms with E-state index in [1.165, 1.54) is 57.8 Å². The van der Waals surface area contributed by atoms with Gasteiger partial charge in [-0.1, -0.05) is 6.92 Å². The van der Waals surface area contributed by atoms with Crippen molar-refractivity contribution in [3.05, 3.63) is 24.0 Å². The molecule has 0 radical (unpaired) electrons. The maximum atomic E-state index is 9.02. The zero-order valence-electron chi connectivity index (χ0n) is 20.9. The lowest BCUT2D eigenvalue weighted by atomic mass is 9.49. The lowest BCUT2D eigenvalue weighted by molar-refractivity contribution is -0.0738. The van der Waals surface area contributed by atoms with Gasteiger partial charge in [-0.3, -0.25) is 0 Å². The third-order valence-electron chi connectivity index (χ3n) is 10.6. The van der Waals surface area contributed by atoms with Crippen molar-refractivity contribution in [3.8, 4) is 6.07 Å². The molecular weight excluding hydrogens is 406 g/mol. The molecule has 0 bridgehead atoms. The number of nitriles is 1. The second-order valence-electron chi connectivity index (χ2n) is 12.0. The largest absolute Gasteiger partial charge is 0.381 e. The van der Waals surface area contributed by atoms with Crippen LogP contribution in [0.3, 0.4) is 0 Å². The van der Waals surface area contributed by atoms with Crippen molar-refractivity contribution >= 4 is 5.69 Å². The van der Waals surface area contributed by atoms with E-state index in [0.29, 0.717) is 17.2 Å². The Morgan fingerprint density at radius 2 is 1.97 bits per heavy atom. The minimum Gasteiger partial charge on any atom is -0.381 e. The summed E-state index contributed by atoms with van der Waals surface area (Å²) in [6.07, 6.45) is 14.7. The second-order valence-corrected chi connectivity index (χ2v) is 12.0. The molecule has 0 aromatic carbocycles. The van der Waals surface area contributed by atoms with Crippen LogP contribution in [0.1, 0.15) is 84.3 Å². The summed E-state index contributed by atoms with van der Waals surface area (Å²) in [6.45, 7) is 8.99. The van der Waals surface area contributed by atoms with E-state index < -0.39 is 0 Å². The Bertz CT molecular complexity index is 847. The zero-order valence-corrected chi connectivity index (χ0v) is 20.9. The first-order valence-electron chi connectivity index (χ1n) is 13.7. The Balaban J connectivity index is 1.24. The van der Waals surface area contributed by atoms with Crippen LogP contribution in [0.4, 0.5) is 5.69 Å². The summed E-state index contributed by atoms with van der Waals surface area (Å²) in [5.41, 5.74) is 2.00. The Morgan fingerprint density at radius 3 is 2.73 bits per heavy atom. The number of pyridine rings is 1. The highest BCUT2D eigenvalue weighted by Crippen LogP contribution is 2.65. The molecule has 1 N–H and O–H groups in total. The van der Waals surface area contributed by atoms with Crippen molar-refractivity contribution in [2.75, 3.05) is 18.5 Å². The normalized spacial score (nSPS) is 40.7. The average molecular weight is 450 g/mol. The fourth-order valence-electron chi connectivity index (χ4n) is 9.16. The van der Waals surface area contributed by atoms with Crippen LogP contribution < -0.4 is 5.32 Å². The van der Waals surface area contributed by atoms with Gasteiger partial charge in [0.15, 0.2) is 0 Å². The van der Waals surface area contributed by atoms with E-state index in [9.17, 15) is 0 Å². The summed E-state index contributed by atoms with van der Waals surface area (Å²) >= 11 is 0. The topological polar surface area (TPSA) is 57.9 Å². The van der Waals surface area contributed by atoms with Crippen molar-refractivity contribution in [2.45, 2.75) is 84.6 Å². The van der Waals surface area contributed by atoms with E-state index in [1.807, 2.05) is 18.3 Å². The predicted molar refractivity (Wildman–Crippen MR) is 133 cm³/mol. The van der Waals surface area contributed by atoms with Crippen LogP contribution in [-0.4, -0.2) is 24.2 Å². The van der Waals surface area contributed by atoms with Gasteiger partial charge >= 0.3 is 0 Å². The van der Waals surface area contributed by atoms with Crippen LogP contribution in [0.2, 0.25) is 0 Å². The highest BCUT2D eigenvalue weighted by atomic mass is 16.5. The Kier molecular flexibility index (Phi) is 6.72. The van der Waals surface area contributed by atoms with Gasteiger partial charge in [0, 0.05) is 19.3 Å². The van der Waals surface area contributed by atoms with Gasteiger partial charge in [-0.25, -0.2) is 4.98 Å². The molecule has 1 aromatic heterocycles. The highest BCUT2D eigenvalue weighted by Gasteiger charge is 2.57. The van der Waals surface area contributed by atoms with Gasteiger partial charge in [-0.05, 0) is 131 Å². The summed E-state index contributed by atoms with van der Waals surface area (Å²) in [6, 6.07) is 6.39. The van der Waals surface area contributed by atoms with E-state index in [2.05, 4.69) is 37.1 Å². The monoisotopic (exact) mass is 449 g/mol. The first-order chi connectivity index (χ1) is 16.0. The third kappa shape index (κ3) is 4.31. The lowest BCUT2D eigenvalue weighted by Gasteiger charge is -2.57. The standard InChI is InChI=1S/C29H43N3O/c1-4-33-18-20-5-9-24-21(15-20)6-10-26-25(24)13-14-29(3)27(11-12-28(26)29)19(2)32-23-8-7-22(16-30)31-17-23/h7-8,17,19-21,24-28,32H,4-6,9-15,18H2,1-3H3. The van der Waals surface area contributed by atoms with Gasteiger partial charge in [-0.2, -0.15) is 5.26 Å². The first-order valence-corrected chi connectivity index (χ1v) is 13.7. The molecule has 4 aliphatic rings. The molecule has 4 fully saturated rings. The minimum atomic E-state index is 0.441. The van der Waals surface area contributed by atoms with Gasteiger partial charge < -0.3 is 10.1 Å². The van der Waals surface area contributed by atoms with Crippen LogP contribution in [0, 0.1) is 58.2 Å². The molecule has 0 spiro atoms. The molecule has 1 heterocycles. The molecule has 33 heavy (non-hydrogen) atoms. The summed E-state index contributed by atoms with van der Waals surface area (Å²) < 4.78 is 5.79. The maximum Gasteiger partial charge on any atom is 0.140 e. The number of nitrogens with one attached hydrogen (secondary N) is 1. The average Bonchev–Trinajstić information content (AvgIpc) is 3.20. The second kappa shape index (κ2) is 9.57. The molecule has 0 saturated heterocycles. The van der Waals surface area contributed by atoms with Crippen molar-refractivity contribution < 1.29 is 4.74 Å². The van der Waals surface area contributed by atoms with Crippen LogP contribution >= 0.6 is 0 Å². The Hall–Kier alpha value is -1.60. The van der Waals surface area contributed by atoms with Gasteiger partial charge in [0.25, 0.3) is 0 Å². The van der Waals surface area contributed by atoms with Crippen LogP contribution in [0.15, 0.2) is 18.3 Å². The van der Waals surface area contributed by atoms with E-state index in [-0.39, 0.29) is 0 Å². The number of nitrogens with zero attached hydrogens (tertiary/aromatic N) is 2. The van der Waals surface area contributed by atoms with Gasteiger partial charge in [0.05, 0.1) is 11.9 Å². The summed E-state index contributed by atoms with van der Waals surface area (Å²) in [4.78, 5) is 4.26. The first kappa shape index (κ1) is 23.2. The summed E-state index contributed by atoms with van der Waals surface area (Å²) in [7, 11) is 0. The van der Waals surface area contributed by atoms with E-state index in [0.717, 1.165) is 60.3 Å². The van der Waals surface area contributed by atoms with Gasteiger partial charge in [-0.15, -0.1) is 0 Å². The van der Waals surface area contributed by atoms with Crippen molar-refractivity contribution in [2.24, 2.45) is 46.8 Å². The molecule has 0 amide bonds.